The van der Waals surface area contributed by atoms with Gasteiger partial charge in [0.2, 0.25) is 0 Å². The number of amides is 1. The highest BCUT2D eigenvalue weighted by atomic mass is 32.2. The van der Waals surface area contributed by atoms with E-state index in [-0.39, 0.29) is 10.8 Å². The zero-order valence-corrected chi connectivity index (χ0v) is 20.8. The first kappa shape index (κ1) is 24.4. The minimum atomic E-state index is -3.87. The molecule has 184 valence electrons. The molecule has 8 nitrogen and oxygen atoms in total. The van der Waals surface area contributed by atoms with Crippen LogP contribution in [0, 0.1) is 6.92 Å². The highest BCUT2D eigenvalue weighted by Gasteiger charge is 2.26. The molecule has 0 unspecified atom stereocenters. The van der Waals surface area contributed by atoms with Gasteiger partial charge in [0, 0.05) is 37.4 Å². The van der Waals surface area contributed by atoms with Crippen molar-refractivity contribution in [2.45, 2.75) is 11.8 Å². The molecule has 1 fully saturated rings. The summed E-state index contributed by atoms with van der Waals surface area (Å²) in [5, 5.41) is 0. The van der Waals surface area contributed by atoms with Crippen LogP contribution >= 0.6 is 0 Å². The molecule has 3 aromatic carbocycles. The standard InChI is InChI=1S/C26H29N3O5S/c1-19-8-13-22(35(31,32)27-20-9-11-21(33-2)12-10-20)18-23(19)26(30)29-16-14-28(15-17-29)24-6-4-5-7-25(24)34-3/h4-13,18,27H,14-17H2,1-3H3. The topological polar surface area (TPSA) is 88.2 Å². The Balaban J connectivity index is 1.49. The van der Waals surface area contributed by atoms with Gasteiger partial charge < -0.3 is 19.3 Å². The van der Waals surface area contributed by atoms with Crippen molar-refractivity contribution in [3.8, 4) is 11.5 Å². The molecule has 9 heteroatoms. The summed E-state index contributed by atoms with van der Waals surface area (Å²) in [5.74, 6) is 1.25. The van der Waals surface area contributed by atoms with Gasteiger partial charge in [0.15, 0.2) is 0 Å². The molecule has 1 N–H and O–H groups in total. The molecule has 35 heavy (non-hydrogen) atoms. The van der Waals surface area contributed by atoms with Crippen molar-refractivity contribution >= 4 is 27.3 Å². The number of hydrogen-bond acceptors (Lipinski definition) is 6. The molecule has 0 spiro atoms. The average molecular weight is 496 g/mol. The van der Waals surface area contributed by atoms with E-state index in [4.69, 9.17) is 9.47 Å². The van der Waals surface area contributed by atoms with E-state index in [0.717, 1.165) is 17.0 Å². The molecular weight excluding hydrogens is 466 g/mol. The Hall–Kier alpha value is -3.72. The van der Waals surface area contributed by atoms with Crippen LogP contribution in [0.1, 0.15) is 15.9 Å². The lowest BCUT2D eigenvalue weighted by Crippen LogP contribution is -2.49. The van der Waals surface area contributed by atoms with Crippen LogP contribution in [0.4, 0.5) is 11.4 Å². The van der Waals surface area contributed by atoms with Crippen molar-refractivity contribution in [3.05, 3.63) is 77.9 Å². The molecular formula is C26H29N3O5S. The van der Waals surface area contributed by atoms with Crippen LogP contribution in [0.3, 0.4) is 0 Å². The van der Waals surface area contributed by atoms with Gasteiger partial charge in [0.1, 0.15) is 11.5 Å². The Labute approximate surface area is 206 Å². The number of carbonyl (C=O) groups is 1. The molecule has 4 rings (SSSR count). The first-order chi connectivity index (χ1) is 16.8. The molecule has 1 saturated heterocycles. The summed E-state index contributed by atoms with van der Waals surface area (Å²) in [6, 6.07) is 19.0. The van der Waals surface area contributed by atoms with Gasteiger partial charge in [-0.3, -0.25) is 9.52 Å². The van der Waals surface area contributed by atoms with Gasteiger partial charge in [-0.15, -0.1) is 0 Å². The fourth-order valence-electron chi connectivity index (χ4n) is 4.08. The lowest BCUT2D eigenvalue weighted by molar-refractivity contribution is 0.0745. The van der Waals surface area contributed by atoms with E-state index in [1.54, 1.807) is 49.5 Å². The molecule has 1 aliphatic heterocycles. The van der Waals surface area contributed by atoms with Crippen LogP contribution in [0.15, 0.2) is 71.6 Å². The van der Waals surface area contributed by atoms with E-state index in [1.807, 2.05) is 31.2 Å². The Morgan fingerprint density at radius 3 is 2.23 bits per heavy atom. The SMILES string of the molecule is COc1ccc(NS(=O)(=O)c2ccc(C)c(C(=O)N3CCN(c4ccccc4OC)CC3)c2)cc1. The number of nitrogens with zero attached hydrogens (tertiary/aromatic N) is 2. The number of ether oxygens (including phenoxy) is 2. The third-order valence-corrected chi connectivity index (χ3v) is 7.46. The van der Waals surface area contributed by atoms with Crippen LogP contribution in [-0.2, 0) is 10.0 Å². The van der Waals surface area contributed by atoms with Crippen LogP contribution < -0.4 is 19.1 Å². The maximum Gasteiger partial charge on any atom is 0.261 e. The number of hydrogen-bond donors (Lipinski definition) is 1. The molecule has 1 heterocycles. The zero-order chi connectivity index (χ0) is 25.0. The van der Waals surface area contributed by atoms with Crippen LogP contribution in [0.2, 0.25) is 0 Å². The average Bonchev–Trinajstić information content (AvgIpc) is 2.88. The highest BCUT2D eigenvalue weighted by Crippen LogP contribution is 2.29. The Morgan fingerprint density at radius 1 is 0.886 bits per heavy atom. The number of sulfonamides is 1. The zero-order valence-electron chi connectivity index (χ0n) is 20.0. The molecule has 0 aliphatic carbocycles. The summed E-state index contributed by atoms with van der Waals surface area (Å²) < 4.78 is 39.1. The van der Waals surface area contributed by atoms with Crippen molar-refractivity contribution in [1.82, 2.24) is 4.90 Å². The Morgan fingerprint density at radius 2 is 1.57 bits per heavy atom. The van der Waals surface area contributed by atoms with Gasteiger partial charge in [-0.1, -0.05) is 18.2 Å². The molecule has 0 aromatic heterocycles. The lowest BCUT2D eigenvalue weighted by Gasteiger charge is -2.36. The molecule has 0 bridgehead atoms. The van der Waals surface area contributed by atoms with E-state index < -0.39 is 10.0 Å². The van der Waals surface area contributed by atoms with E-state index >= 15 is 0 Å². The largest absolute Gasteiger partial charge is 0.497 e. The van der Waals surface area contributed by atoms with Crippen LogP contribution in [0.25, 0.3) is 0 Å². The fraction of sp³-hybridized carbons (Fsp3) is 0.269. The Kier molecular flexibility index (Phi) is 7.16. The number of rotatable bonds is 7. The van der Waals surface area contributed by atoms with E-state index in [9.17, 15) is 13.2 Å². The van der Waals surface area contributed by atoms with Crippen molar-refractivity contribution in [2.24, 2.45) is 0 Å². The summed E-state index contributed by atoms with van der Waals surface area (Å²) in [7, 11) is -0.684. The minimum absolute atomic E-state index is 0.0370. The smallest absolute Gasteiger partial charge is 0.261 e. The molecule has 0 radical (unpaired) electrons. The fourth-order valence-corrected chi connectivity index (χ4v) is 5.17. The summed E-state index contributed by atoms with van der Waals surface area (Å²) in [5.41, 5.74) is 2.52. The van der Waals surface area contributed by atoms with E-state index in [1.165, 1.54) is 12.1 Å². The van der Waals surface area contributed by atoms with E-state index in [2.05, 4.69) is 9.62 Å². The number of benzene rings is 3. The van der Waals surface area contributed by atoms with Crippen LogP contribution in [0.5, 0.6) is 11.5 Å². The second-order valence-corrected chi connectivity index (χ2v) is 9.94. The quantitative estimate of drug-likeness (QED) is 0.537. The molecule has 0 atom stereocenters. The summed E-state index contributed by atoms with van der Waals surface area (Å²) >= 11 is 0. The van der Waals surface area contributed by atoms with Crippen molar-refractivity contribution < 1.29 is 22.7 Å². The first-order valence-corrected chi connectivity index (χ1v) is 12.8. The number of carbonyl (C=O) groups excluding carboxylic acids is 1. The molecule has 0 saturated carbocycles. The molecule has 1 aliphatic rings. The number of para-hydroxylation sites is 2. The third kappa shape index (κ3) is 5.35. The number of nitrogens with one attached hydrogen (secondary N) is 1. The summed E-state index contributed by atoms with van der Waals surface area (Å²) in [6.45, 7) is 4.17. The number of piperazine rings is 1. The van der Waals surface area contributed by atoms with Crippen LogP contribution in [-0.4, -0.2) is 59.6 Å². The predicted molar refractivity (Wildman–Crippen MR) is 136 cm³/mol. The number of anilines is 2. The maximum atomic E-state index is 13.3. The van der Waals surface area contributed by atoms with Crippen molar-refractivity contribution in [3.63, 3.8) is 0 Å². The van der Waals surface area contributed by atoms with Gasteiger partial charge in [0.05, 0.1) is 24.8 Å². The van der Waals surface area contributed by atoms with E-state index in [0.29, 0.717) is 43.2 Å². The Bertz CT molecular complexity index is 1300. The third-order valence-electron chi connectivity index (χ3n) is 6.08. The minimum Gasteiger partial charge on any atom is -0.497 e. The monoisotopic (exact) mass is 495 g/mol. The van der Waals surface area contributed by atoms with Gasteiger partial charge in [-0.05, 0) is 61.0 Å². The first-order valence-electron chi connectivity index (χ1n) is 11.3. The maximum absolute atomic E-state index is 13.3. The normalized spacial score (nSPS) is 13.9. The molecule has 3 aromatic rings. The van der Waals surface area contributed by atoms with Gasteiger partial charge in [0.25, 0.3) is 15.9 Å². The predicted octanol–water partition coefficient (Wildman–Crippen LogP) is 3.78. The van der Waals surface area contributed by atoms with Gasteiger partial charge >= 0.3 is 0 Å². The van der Waals surface area contributed by atoms with Gasteiger partial charge in [-0.25, -0.2) is 8.42 Å². The number of aryl methyl sites for hydroxylation is 1. The molecule has 1 amide bonds. The number of methoxy groups -OCH3 is 2. The second kappa shape index (κ2) is 10.3. The second-order valence-electron chi connectivity index (χ2n) is 8.26. The van der Waals surface area contributed by atoms with Gasteiger partial charge in [-0.2, -0.15) is 0 Å². The van der Waals surface area contributed by atoms with Crippen molar-refractivity contribution in [1.29, 1.82) is 0 Å². The lowest BCUT2D eigenvalue weighted by atomic mass is 10.1. The van der Waals surface area contributed by atoms with Crippen molar-refractivity contribution in [2.75, 3.05) is 50.0 Å². The summed E-state index contributed by atoms with van der Waals surface area (Å²) in [6.07, 6.45) is 0. The highest BCUT2D eigenvalue weighted by molar-refractivity contribution is 7.92. The summed E-state index contributed by atoms with van der Waals surface area (Å²) in [4.78, 5) is 17.3.